The maximum atomic E-state index is 6.44. The van der Waals surface area contributed by atoms with Crippen LogP contribution in [0.15, 0.2) is 57.9 Å². The largest absolute Gasteiger partial charge is 0.491 e. The summed E-state index contributed by atoms with van der Waals surface area (Å²) in [5.41, 5.74) is 13.1. The predicted octanol–water partition coefficient (Wildman–Crippen LogP) is 8.56. The van der Waals surface area contributed by atoms with Crippen molar-refractivity contribution < 1.29 is 4.74 Å². The molecule has 1 fully saturated rings. The minimum absolute atomic E-state index is 0.267. The first kappa shape index (κ1) is 31.6. The van der Waals surface area contributed by atoms with Gasteiger partial charge in [-0.05, 0) is 106 Å². The zero-order valence-corrected chi connectivity index (χ0v) is 28.6. The van der Waals surface area contributed by atoms with Gasteiger partial charge in [0.15, 0.2) is 0 Å². The highest BCUT2D eigenvalue weighted by molar-refractivity contribution is 6.02. The van der Waals surface area contributed by atoms with Gasteiger partial charge in [-0.25, -0.2) is 4.98 Å². The van der Waals surface area contributed by atoms with E-state index >= 15 is 0 Å². The number of fused-ring (bicyclic) bond motifs is 3. The second-order valence-electron chi connectivity index (χ2n) is 14.5. The van der Waals surface area contributed by atoms with Crippen molar-refractivity contribution in [2.75, 3.05) is 19.7 Å². The third-order valence-corrected chi connectivity index (χ3v) is 10.2. The number of imidazole rings is 1. The van der Waals surface area contributed by atoms with Crippen molar-refractivity contribution in [1.29, 1.82) is 0 Å². The Morgan fingerprint density at radius 3 is 2.78 bits per heavy atom. The van der Waals surface area contributed by atoms with E-state index in [1.165, 1.54) is 57.1 Å². The first-order valence-corrected chi connectivity index (χ1v) is 17.3. The van der Waals surface area contributed by atoms with Crippen LogP contribution >= 0.6 is 0 Å². The molecule has 6 heteroatoms. The summed E-state index contributed by atoms with van der Waals surface area (Å²) in [6, 6.07) is 7.26. The van der Waals surface area contributed by atoms with Crippen LogP contribution in [0.5, 0.6) is 5.75 Å². The number of aliphatic imine (C=N–C) groups is 1. The minimum Gasteiger partial charge on any atom is -0.491 e. The quantitative estimate of drug-likeness (QED) is 0.331. The van der Waals surface area contributed by atoms with Crippen LogP contribution in [0.25, 0.3) is 11.6 Å². The van der Waals surface area contributed by atoms with Crippen molar-refractivity contribution in [2.45, 2.75) is 106 Å². The van der Waals surface area contributed by atoms with Crippen LogP contribution in [-0.2, 0) is 13.0 Å². The molecule has 1 aromatic heterocycles. The molecule has 3 heterocycles. The van der Waals surface area contributed by atoms with E-state index in [4.69, 9.17) is 14.7 Å². The SMILES string of the molecule is CCC(C)NCC1=CC(CC)C(N2CCOc3ccc(C4=Cc5nc(C)[nH]c5CCC(C)=C4)cc3C2)=C2CC(C)(C)CCC2=N1. The van der Waals surface area contributed by atoms with Crippen LogP contribution in [0.3, 0.4) is 0 Å². The number of rotatable bonds is 7. The lowest BCUT2D eigenvalue weighted by Gasteiger charge is -2.38. The van der Waals surface area contributed by atoms with E-state index in [-0.39, 0.29) is 5.41 Å². The molecule has 0 bridgehead atoms. The average molecular weight is 608 g/mol. The summed E-state index contributed by atoms with van der Waals surface area (Å²) in [4.78, 5) is 16.3. The Hall–Kier alpha value is -3.38. The Labute approximate surface area is 270 Å². The fourth-order valence-corrected chi connectivity index (χ4v) is 7.31. The summed E-state index contributed by atoms with van der Waals surface area (Å²) in [5.74, 6) is 2.31. The maximum Gasteiger partial charge on any atom is 0.124 e. The van der Waals surface area contributed by atoms with E-state index in [1.807, 2.05) is 6.92 Å². The maximum absolute atomic E-state index is 6.44. The summed E-state index contributed by atoms with van der Waals surface area (Å²) in [5, 5.41) is 3.72. The number of nitrogens with one attached hydrogen (secondary N) is 2. The molecular formula is C39H53N5O. The average Bonchev–Trinajstić information content (AvgIpc) is 3.15. The van der Waals surface area contributed by atoms with Gasteiger partial charge in [0.25, 0.3) is 0 Å². The summed E-state index contributed by atoms with van der Waals surface area (Å²) < 4.78 is 6.44. The topological polar surface area (TPSA) is 65.5 Å². The molecular weight excluding hydrogens is 554 g/mol. The van der Waals surface area contributed by atoms with E-state index in [2.05, 4.69) is 93.2 Å². The monoisotopic (exact) mass is 607 g/mol. The van der Waals surface area contributed by atoms with Crippen molar-refractivity contribution in [3.8, 4) is 5.75 Å². The molecule has 0 radical (unpaired) electrons. The van der Waals surface area contributed by atoms with E-state index in [9.17, 15) is 0 Å². The van der Waals surface area contributed by atoms with Crippen LogP contribution in [0.2, 0.25) is 0 Å². The molecule has 2 unspecified atom stereocenters. The Morgan fingerprint density at radius 1 is 1.13 bits per heavy atom. The van der Waals surface area contributed by atoms with Crippen molar-refractivity contribution in [3.63, 3.8) is 0 Å². The predicted molar refractivity (Wildman–Crippen MR) is 187 cm³/mol. The number of benzene rings is 1. The van der Waals surface area contributed by atoms with E-state index < -0.39 is 0 Å². The van der Waals surface area contributed by atoms with Gasteiger partial charge in [-0.3, -0.25) is 4.99 Å². The third kappa shape index (κ3) is 7.06. The second kappa shape index (κ2) is 13.2. The van der Waals surface area contributed by atoms with Crippen molar-refractivity contribution in [2.24, 2.45) is 16.3 Å². The molecule has 6 nitrogen and oxygen atoms in total. The van der Waals surface area contributed by atoms with Gasteiger partial charge < -0.3 is 19.9 Å². The molecule has 1 saturated carbocycles. The highest BCUT2D eigenvalue weighted by Gasteiger charge is 2.35. The van der Waals surface area contributed by atoms with Crippen LogP contribution in [-0.4, -0.2) is 46.3 Å². The standard InChI is InChI=1S/C39H53N5O/c1-8-26(4)40-23-32-20-28(9-2)38(33-22-39(6,7)15-14-34(33)43-32)44-16-17-45-37-13-11-29(19-31(37)24-44)30-18-25(3)10-12-35-36(21-30)42-27(5)41-35/h11,13,18-21,26,28,40H,8-10,12,14-17,22-24H2,1-7H3,(H,41,42). The fraction of sp³-hybridized carbons (Fsp3) is 0.538. The number of allylic oxidation sites excluding steroid dienone is 5. The molecule has 4 aliphatic rings. The first-order chi connectivity index (χ1) is 21.6. The summed E-state index contributed by atoms with van der Waals surface area (Å²) >= 11 is 0. The van der Waals surface area contributed by atoms with Crippen LogP contribution in [0.4, 0.5) is 0 Å². The van der Waals surface area contributed by atoms with Gasteiger partial charge in [-0.2, -0.15) is 0 Å². The van der Waals surface area contributed by atoms with Gasteiger partial charge in [-0.1, -0.05) is 51.5 Å². The molecule has 240 valence electrons. The Kier molecular flexibility index (Phi) is 9.24. The third-order valence-electron chi connectivity index (χ3n) is 10.2. The fourth-order valence-electron chi connectivity index (χ4n) is 7.31. The first-order valence-electron chi connectivity index (χ1n) is 17.3. The lowest BCUT2D eigenvalue weighted by atomic mass is 9.72. The molecule has 1 aromatic carbocycles. The van der Waals surface area contributed by atoms with E-state index in [0.717, 1.165) is 75.4 Å². The van der Waals surface area contributed by atoms with E-state index in [0.29, 0.717) is 18.6 Å². The molecule has 0 amide bonds. The van der Waals surface area contributed by atoms with Gasteiger partial charge in [0.05, 0.1) is 17.9 Å². The summed E-state index contributed by atoms with van der Waals surface area (Å²) in [6.07, 6.45) is 14.6. The molecule has 2 aliphatic heterocycles. The number of aromatic amines is 1. The normalized spacial score (nSPS) is 22.2. The number of nitrogens with zero attached hydrogens (tertiary/aromatic N) is 3. The van der Waals surface area contributed by atoms with E-state index in [1.54, 1.807) is 0 Å². The number of hydrogen-bond donors (Lipinski definition) is 2. The Morgan fingerprint density at radius 2 is 1.98 bits per heavy atom. The second-order valence-corrected chi connectivity index (χ2v) is 14.5. The molecule has 45 heavy (non-hydrogen) atoms. The lowest BCUT2D eigenvalue weighted by molar-refractivity contribution is 0.245. The Balaban J connectivity index is 1.38. The molecule has 2 aliphatic carbocycles. The summed E-state index contributed by atoms with van der Waals surface area (Å²) in [6.45, 7) is 19.2. The van der Waals surface area contributed by atoms with Crippen molar-refractivity contribution in [1.82, 2.24) is 20.2 Å². The number of H-pyrrole nitrogens is 1. The van der Waals surface area contributed by atoms with Gasteiger partial charge in [0, 0.05) is 47.7 Å². The highest BCUT2D eigenvalue weighted by atomic mass is 16.5. The van der Waals surface area contributed by atoms with Gasteiger partial charge in [-0.15, -0.1) is 0 Å². The number of aromatic nitrogens is 2. The van der Waals surface area contributed by atoms with Gasteiger partial charge in [0.2, 0.25) is 0 Å². The number of hydrogen-bond acceptors (Lipinski definition) is 5. The van der Waals surface area contributed by atoms with Gasteiger partial charge >= 0.3 is 0 Å². The zero-order valence-electron chi connectivity index (χ0n) is 28.6. The molecule has 2 aromatic rings. The minimum atomic E-state index is 0.267. The van der Waals surface area contributed by atoms with Crippen LogP contribution in [0.1, 0.15) is 108 Å². The van der Waals surface area contributed by atoms with Crippen LogP contribution in [0, 0.1) is 18.3 Å². The van der Waals surface area contributed by atoms with Crippen molar-refractivity contribution >= 4 is 17.4 Å². The smallest absolute Gasteiger partial charge is 0.124 e. The summed E-state index contributed by atoms with van der Waals surface area (Å²) in [7, 11) is 0. The molecule has 0 spiro atoms. The number of ether oxygens (including phenoxy) is 1. The highest BCUT2D eigenvalue weighted by Crippen LogP contribution is 2.43. The molecule has 2 N–H and O–H groups in total. The lowest BCUT2D eigenvalue weighted by Crippen LogP contribution is -2.34. The zero-order chi connectivity index (χ0) is 31.7. The van der Waals surface area contributed by atoms with Gasteiger partial charge in [0.1, 0.15) is 18.2 Å². The Bertz CT molecular complexity index is 1580. The number of aryl methyl sites for hydroxylation is 2. The van der Waals surface area contributed by atoms with Crippen LogP contribution < -0.4 is 10.1 Å². The molecule has 0 saturated heterocycles. The molecule has 2 atom stereocenters. The molecule has 6 rings (SSSR count). The van der Waals surface area contributed by atoms with Crippen molar-refractivity contribution in [3.05, 3.63) is 81.2 Å².